The summed E-state index contributed by atoms with van der Waals surface area (Å²) in [6.45, 7) is 0.862. The van der Waals surface area contributed by atoms with Crippen molar-refractivity contribution in [3.8, 4) is 0 Å². The minimum atomic E-state index is -4.34. The van der Waals surface area contributed by atoms with E-state index in [1.54, 1.807) is 18.2 Å². The molecule has 3 N–H and O–H groups in total. The van der Waals surface area contributed by atoms with Gasteiger partial charge in [0.2, 0.25) is 0 Å². The van der Waals surface area contributed by atoms with Crippen LogP contribution in [0.15, 0.2) is 89.8 Å². The quantitative estimate of drug-likeness (QED) is 0.553. The molecule has 0 spiro atoms. The van der Waals surface area contributed by atoms with Crippen LogP contribution in [0, 0.1) is 0 Å². The molecule has 0 bridgehead atoms. The molecule has 5 heteroatoms. The van der Waals surface area contributed by atoms with Crippen LogP contribution in [0.25, 0.3) is 21.5 Å². The summed E-state index contributed by atoms with van der Waals surface area (Å²) in [5.74, 6) is 0. The molecule has 0 atom stereocenters. The Morgan fingerprint density at radius 1 is 0.731 bits per heavy atom. The maximum absolute atomic E-state index is 10.7. The SMILES string of the molecule is O=S(=O)([O-])c1ccc2ccccc2c1.[NH3+]Cc1cccc2ccccc12. The average Bonchev–Trinajstić information content (AvgIpc) is 2.67. The van der Waals surface area contributed by atoms with Crippen LogP contribution in [0.2, 0.25) is 0 Å². The van der Waals surface area contributed by atoms with Crippen molar-refractivity contribution < 1.29 is 18.7 Å². The predicted octanol–water partition coefficient (Wildman–Crippen LogP) is 3.33. The monoisotopic (exact) mass is 365 g/mol. The summed E-state index contributed by atoms with van der Waals surface area (Å²) in [5.41, 5.74) is 5.23. The third-order valence-corrected chi connectivity index (χ3v) is 4.99. The molecule has 0 amide bonds. The van der Waals surface area contributed by atoms with E-state index in [-0.39, 0.29) is 4.90 Å². The molecule has 0 unspecified atom stereocenters. The van der Waals surface area contributed by atoms with Gasteiger partial charge in [-0.15, -0.1) is 0 Å². The maximum Gasteiger partial charge on any atom is 0.124 e. The number of hydrogen-bond acceptors (Lipinski definition) is 3. The van der Waals surface area contributed by atoms with Crippen LogP contribution >= 0.6 is 0 Å². The fraction of sp³-hybridized carbons (Fsp3) is 0.0476. The molecule has 26 heavy (non-hydrogen) atoms. The lowest BCUT2D eigenvalue weighted by Crippen LogP contribution is -2.47. The van der Waals surface area contributed by atoms with Gasteiger partial charge in [0, 0.05) is 5.56 Å². The Labute approximate surface area is 152 Å². The Morgan fingerprint density at radius 3 is 2.04 bits per heavy atom. The Hall–Kier alpha value is -2.73. The summed E-state index contributed by atoms with van der Waals surface area (Å²) >= 11 is 0. The number of rotatable bonds is 2. The lowest BCUT2D eigenvalue weighted by molar-refractivity contribution is -0.386. The van der Waals surface area contributed by atoms with Crippen LogP contribution in [-0.2, 0) is 16.7 Å². The van der Waals surface area contributed by atoms with E-state index in [2.05, 4.69) is 48.2 Å². The summed E-state index contributed by atoms with van der Waals surface area (Å²) < 4.78 is 32.2. The van der Waals surface area contributed by atoms with Gasteiger partial charge in [0.15, 0.2) is 0 Å². The zero-order valence-electron chi connectivity index (χ0n) is 14.1. The Balaban J connectivity index is 0.000000152. The standard InChI is InChI=1S/C11H11N.C10H8O3S/c12-8-10-6-3-5-9-4-1-2-7-11(9)10;11-14(12,13)10-6-5-8-3-1-2-4-9(8)7-10/h1-7H,8,12H2;1-7H,(H,11,12,13). The molecular weight excluding hydrogens is 346 g/mol. The molecule has 0 aliphatic heterocycles. The largest absolute Gasteiger partial charge is 0.744 e. The molecule has 4 aromatic rings. The van der Waals surface area contributed by atoms with E-state index in [0.29, 0.717) is 0 Å². The van der Waals surface area contributed by atoms with Gasteiger partial charge in [0.05, 0.1) is 4.90 Å². The highest BCUT2D eigenvalue weighted by Crippen LogP contribution is 2.18. The molecule has 0 saturated carbocycles. The van der Waals surface area contributed by atoms with E-state index < -0.39 is 10.1 Å². The number of hydrogen-bond donors (Lipinski definition) is 1. The van der Waals surface area contributed by atoms with E-state index in [1.807, 2.05) is 12.1 Å². The summed E-state index contributed by atoms with van der Waals surface area (Å²) in [7, 11) is -4.34. The normalized spacial score (nSPS) is 11.2. The Morgan fingerprint density at radius 2 is 1.35 bits per heavy atom. The van der Waals surface area contributed by atoms with Crippen molar-refractivity contribution in [2.45, 2.75) is 11.4 Å². The highest BCUT2D eigenvalue weighted by atomic mass is 32.2. The third-order valence-electron chi connectivity index (χ3n) is 4.16. The van der Waals surface area contributed by atoms with Crippen LogP contribution in [0.3, 0.4) is 0 Å². The molecule has 4 nitrogen and oxygen atoms in total. The third kappa shape index (κ3) is 4.08. The van der Waals surface area contributed by atoms with Gasteiger partial charge < -0.3 is 10.3 Å². The molecule has 0 aliphatic carbocycles. The van der Waals surface area contributed by atoms with Crippen LogP contribution in [0.4, 0.5) is 0 Å². The fourth-order valence-corrected chi connectivity index (χ4v) is 3.34. The van der Waals surface area contributed by atoms with E-state index in [9.17, 15) is 13.0 Å². The molecule has 132 valence electrons. The Bertz CT molecular complexity index is 1150. The molecule has 0 radical (unpaired) electrons. The average molecular weight is 365 g/mol. The molecule has 4 aromatic carbocycles. The lowest BCUT2D eigenvalue weighted by atomic mass is 10.1. The van der Waals surface area contributed by atoms with Gasteiger partial charge in [-0.1, -0.05) is 72.8 Å². The number of quaternary nitrogens is 1. The fourth-order valence-electron chi connectivity index (χ4n) is 2.83. The van der Waals surface area contributed by atoms with Crippen molar-refractivity contribution in [3.05, 3.63) is 90.5 Å². The smallest absolute Gasteiger partial charge is 0.124 e. The molecule has 4 rings (SSSR count). The second kappa shape index (κ2) is 7.66. The molecular formula is C21H19NO3S. The minimum Gasteiger partial charge on any atom is -0.744 e. The second-order valence-electron chi connectivity index (χ2n) is 5.85. The van der Waals surface area contributed by atoms with E-state index in [4.69, 9.17) is 0 Å². The van der Waals surface area contributed by atoms with Crippen molar-refractivity contribution in [2.24, 2.45) is 0 Å². The first-order valence-electron chi connectivity index (χ1n) is 8.19. The summed E-state index contributed by atoms with van der Waals surface area (Å²) in [6.07, 6.45) is 0. The van der Waals surface area contributed by atoms with Gasteiger partial charge in [0.1, 0.15) is 16.7 Å². The summed E-state index contributed by atoms with van der Waals surface area (Å²) in [4.78, 5) is -0.184. The molecule has 0 heterocycles. The van der Waals surface area contributed by atoms with E-state index in [0.717, 1.165) is 17.3 Å². The van der Waals surface area contributed by atoms with Crippen LogP contribution in [0.5, 0.6) is 0 Å². The van der Waals surface area contributed by atoms with Gasteiger partial charge in [-0.25, -0.2) is 8.42 Å². The lowest BCUT2D eigenvalue weighted by Gasteiger charge is -2.07. The van der Waals surface area contributed by atoms with E-state index >= 15 is 0 Å². The number of benzene rings is 4. The first-order valence-corrected chi connectivity index (χ1v) is 9.60. The van der Waals surface area contributed by atoms with Crippen molar-refractivity contribution in [1.82, 2.24) is 0 Å². The van der Waals surface area contributed by atoms with Crippen LogP contribution < -0.4 is 5.73 Å². The topological polar surface area (TPSA) is 84.8 Å². The maximum atomic E-state index is 10.7. The zero-order chi connectivity index (χ0) is 18.6. The first kappa shape index (κ1) is 18.1. The Kier molecular flexibility index (Phi) is 5.32. The zero-order valence-corrected chi connectivity index (χ0v) is 14.9. The van der Waals surface area contributed by atoms with Crippen molar-refractivity contribution in [1.29, 1.82) is 0 Å². The summed E-state index contributed by atoms with van der Waals surface area (Å²) in [5, 5.41) is 4.30. The van der Waals surface area contributed by atoms with Gasteiger partial charge >= 0.3 is 0 Å². The van der Waals surface area contributed by atoms with Gasteiger partial charge in [-0.3, -0.25) is 0 Å². The summed E-state index contributed by atoms with van der Waals surface area (Å²) in [6, 6.07) is 26.4. The van der Waals surface area contributed by atoms with E-state index in [1.165, 1.54) is 28.5 Å². The van der Waals surface area contributed by atoms with Crippen molar-refractivity contribution in [2.75, 3.05) is 0 Å². The highest BCUT2D eigenvalue weighted by molar-refractivity contribution is 7.85. The second-order valence-corrected chi connectivity index (χ2v) is 7.23. The van der Waals surface area contributed by atoms with Gasteiger partial charge in [0.25, 0.3) is 0 Å². The highest BCUT2D eigenvalue weighted by Gasteiger charge is 2.01. The van der Waals surface area contributed by atoms with Crippen molar-refractivity contribution >= 4 is 31.7 Å². The number of fused-ring (bicyclic) bond motifs is 2. The van der Waals surface area contributed by atoms with Gasteiger partial charge in [-0.2, -0.15) is 0 Å². The van der Waals surface area contributed by atoms with Gasteiger partial charge in [-0.05, 0) is 33.7 Å². The predicted molar refractivity (Wildman–Crippen MR) is 102 cm³/mol. The van der Waals surface area contributed by atoms with Crippen molar-refractivity contribution in [3.63, 3.8) is 0 Å². The van der Waals surface area contributed by atoms with Crippen LogP contribution in [-0.4, -0.2) is 13.0 Å². The first-order chi connectivity index (χ1) is 12.5. The molecule has 0 aromatic heterocycles. The molecule has 0 aliphatic rings. The molecule has 0 fully saturated rings. The molecule has 0 saturated heterocycles. The minimum absolute atomic E-state index is 0.184. The van der Waals surface area contributed by atoms with Crippen LogP contribution in [0.1, 0.15) is 5.56 Å².